The van der Waals surface area contributed by atoms with Crippen LogP contribution in [0.5, 0.6) is 0 Å². The molecule has 0 spiro atoms. The minimum Gasteiger partial charge on any atom is -0.390 e. The zero-order chi connectivity index (χ0) is 34.2. The van der Waals surface area contributed by atoms with Crippen LogP contribution in [0.2, 0.25) is 0 Å². The Bertz CT molecular complexity index is 1610. The van der Waals surface area contributed by atoms with E-state index in [1.54, 1.807) is 36.1 Å². The van der Waals surface area contributed by atoms with E-state index in [0.29, 0.717) is 29.8 Å². The first kappa shape index (κ1) is 36.8. The van der Waals surface area contributed by atoms with Crippen LogP contribution in [-0.4, -0.2) is 85.3 Å². The molecule has 0 aliphatic carbocycles. The molecular weight excluding hydrogens is 614 g/mol. The molecule has 0 aliphatic heterocycles. The van der Waals surface area contributed by atoms with Gasteiger partial charge in [-0.2, -0.15) is 0 Å². The Morgan fingerprint density at radius 2 is 1.41 bits per heavy atom. The number of carbonyl (C=O) groups excluding carboxylic acids is 2. The number of aliphatic hydroxyl groups excluding tert-OH is 1. The van der Waals surface area contributed by atoms with Gasteiger partial charge in [-0.05, 0) is 85.3 Å². The van der Waals surface area contributed by atoms with Crippen LogP contribution < -0.4 is 5.73 Å². The first-order valence-corrected chi connectivity index (χ1v) is 16.7. The number of sulfonamides is 1. The number of aryl methyl sites for hydroxylation is 1. The Kier molecular flexibility index (Phi) is 13.0. The molecule has 9 nitrogen and oxygen atoms in total. The number of hydrogen-bond acceptors (Lipinski definition) is 6. The minimum atomic E-state index is -3.77. The molecule has 2 atom stereocenters. The summed E-state index contributed by atoms with van der Waals surface area (Å²) in [6.07, 6.45) is 0.169. The van der Waals surface area contributed by atoms with Gasteiger partial charge in [0, 0.05) is 63.5 Å². The van der Waals surface area contributed by atoms with Gasteiger partial charge in [-0.3, -0.25) is 9.59 Å². The molecule has 3 aromatic rings. The van der Waals surface area contributed by atoms with E-state index in [4.69, 9.17) is 5.73 Å². The summed E-state index contributed by atoms with van der Waals surface area (Å²) in [7, 11) is -0.936. The standard InChI is InChI=1S/C34H44F2N4O5S/c1-6-11-39(12-7-2)33(42)26-13-23(3)14-27(19-26)34(43)40(21-24-9-8-10-30(17-24)46(44,45)38(4)5)22-32(41)31(37)18-25-15-28(35)20-29(36)16-25/h8-10,13-17,19-20,31-32,41H,6-7,11-12,18,21-22,37H2,1-5H3/t31-,32+/m0/s1. The molecule has 250 valence electrons. The second kappa shape index (κ2) is 16.2. The van der Waals surface area contributed by atoms with Crippen molar-refractivity contribution >= 4 is 21.8 Å². The zero-order valence-electron chi connectivity index (χ0n) is 27.0. The third-order valence-corrected chi connectivity index (χ3v) is 9.29. The number of carbonyl (C=O) groups is 2. The molecular formula is C34H44F2N4O5S. The van der Waals surface area contributed by atoms with E-state index in [2.05, 4.69) is 0 Å². The number of hydrogen-bond donors (Lipinski definition) is 2. The SMILES string of the molecule is CCCN(CCC)C(=O)c1cc(C)cc(C(=O)N(Cc2cccc(S(=O)(=O)N(C)C)c2)C[C@@H](O)[C@@H](N)Cc2cc(F)cc(F)c2)c1. The lowest BCUT2D eigenvalue weighted by Gasteiger charge is -2.29. The summed E-state index contributed by atoms with van der Waals surface area (Å²) in [6, 6.07) is 13.0. The van der Waals surface area contributed by atoms with Gasteiger partial charge in [0.2, 0.25) is 10.0 Å². The normalized spacial score (nSPS) is 13.0. The van der Waals surface area contributed by atoms with Crippen molar-refractivity contribution in [1.29, 1.82) is 0 Å². The summed E-state index contributed by atoms with van der Waals surface area (Å²) >= 11 is 0. The quantitative estimate of drug-likeness (QED) is 0.250. The maximum Gasteiger partial charge on any atom is 0.254 e. The molecule has 2 amide bonds. The molecule has 3 rings (SSSR count). The van der Waals surface area contributed by atoms with Crippen molar-refractivity contribution in [3.8, 4) is 0 Å². The largest absolute Gasteiger partial charge is 0.390 e. The van der Waals surface area contributed by atoms with Crippen molar-refractivity contribution in [1.82, 2.24) is 14.1 Å². The monoisotopic (exact) mass is 658 g/mol. The van der Waals surface area contributed by atoms with Gasteiger partial charge in [0.1, 0.15) is 11.6 Å². The number of nitrogens with two attached hydrogens (primary N) is 1. The summed E-state index contributed by atoms with van der Waals surface area (Å²) in [5.41, 5.74) is 8.23. The number of benzene rings is 3. The fraction of sp³-hybridized carbons (Fsp3) is 0.412. The molecule has 0 fully saturated rings. The molecule has 12 heteroatoms. The molecule has 0 aromatic heterocycles. The highest BCUT2D eigenvalue weighted by Gasteiger charge is 2.26. The number of amides is 2. The smallest absolute Gasteiger partial charge is 0.254 e. The topological polar surface area (TPSA) is 124 Å². The predicted molar refractivity (Wildman–Crippen MR) is 174 cm³/mol. The lowest BCUT2D eigenvalue weighted by Crippen LogP contribution is -2.46. The van der Waals surface area contributed by atoms with Crippen LogP contribution >= 0.6 is 0 Å². The maximum absolute atomic E-state index is 14.1. The number of rotatable bonds is 15. The van der Waals surface area contributed by atoms with Crippen molar-refractivity contribution in [2.24, 2.45) is 5.73 Å². The minimum absolute atomic E-state index is 0.0307. The van der Waals surface area contributed by atoms with Gasteiger partial charge in [-0.15, -0.1) is 0 Å². The maximum atomic E-state index is 14.1. The molecule has 0 radical (unpaired) electrons. The number of halogens is 2. The third kappa shape index (κ3) is 9.65. The van der Waals surface area contributed by atoms with E-state index in [9.17, 15) is 31.9 Å². The van der Waals surface area contributed by atoms with Crippen LogP contribution in [0.4, 0.5) is 8.78 Å². The van der Waals surface area contributed by atoms with Crippen molar-refractivity contribution in [2.75, 3.05) is 33.7 Å². The fourth-order valence-electron chi connectivity index (χ4n) is 5.20. The predicted octanol–water partition coefficient (Wildman–Crippen LogP) is 4.36. The first-order valence-electron chi connectivity index (χ1n) is 15.3. The molecule has 3 N–H and O–H groups in total. The molecule has 3 aromatic carbocycles. The third-order valence-electron chi connectivity index (χ3n) is 7.48. The molecule has 0 saturated heterocycles. The summed E-state index contributed by atoms with van der Waals surface area (Å²) < 4.78 is 54.2. The zero-order valence-corrected chi connectivity index (χ0v) is 27.9. The van der Waals surface area contributed by atoms with Crippen LogP contribution in [0.25, 0.3) is 0 Å². The van der Waals surface area contributed by atoms with Gasteiger partial charge in [0.15, 0.2) is 0 Å². The number of nitrogens with zero attached hydrogens (tertiary/aromatic N) is 3. The van der Waals surface area contributed by atoms with Crippen molar-refractivity contribution in [3.63, 3.8) is 0 Å². The highest BCUT2D eigenvalue weighted by atomic mass is 32.2. The molecule has 0 heterocycles. The highest BCUT2D eigenvalue weighted by molar-refractivity contribution is 7.89. The Hall–Kier alpha value is -3.71. The average Bonchev–Trinajstić information content (AvgIpc) is 2.99. The summed E-state index contributed by atoms with van der Waals surface area (Å²) in [6.45, 7) is 6.51. The van der Waals surface area contributed by atoms with Gasteiger partial charge < -0.3 is 20.6 Å². The average molecular weight is 659 g/mol. The Morgan fingerprint density at radius 3 is 1.96 bits per heavy atom. The first-order chi connectivity index (χ1) is 21.7. The van der Waals surface area contributed by atoms with Gasteiger partial charge >= 0.3 is 0 Å². The van der Waals surface area contributed by atoms with E-state index in [1.807, 2.05) is 13.8 Å². The van der Waals surface area contributed by atoms with Gasteiger partial charge in [-0.1, -0.05) is 26.0 Å². The van der Waals surface area contributed by atoms with E-state index in [0.717, 1.165) is 35.3 Å². The molecule has 0 bridgehead atoms. The Labute approximate surface area is 270 Å². The van der Waals surface area contributed by atoms with E-state index >= 15 is 0 Å². The van der Waals surface area contributed by atoms with E-state index < -0.39 is 39.7 Å². The highest BCUT2D eigenvalue weighted by Crippen LogP contribution is 2.21. The second-order valence-corrected chi connectivity index (χ2v) is 13.9. The molecule has 46 heavy (non-hydrogen) atoms. The van der Waals surface area contributed by atoms with Crippen LogP contribution in [0.15, 0.2) is 65.6 Å². The molecule has 0 unspecified atom stereocenters. The van der Waals surface area contributed by atoms with Crippen molar-refractivity contribution in [2.45, 2.75) is 63.6 Å². The van der Waals surface area contributed by atoms with Gasteiger partial charge in [-0.25, -0.2) is 21.5 Å². The van der Waals surface area contributed by atoms with Crippen molar-refractivity contribution in [3.05, 3.63) is 100 Å². The van der Waals surface area contributed by atoms with Gasteiger partial charge in [0.25, 0.3) is 11.8 Å². The number of aliphatic hydroxyl groups is 1. The Balaban J connectivity index is 1.99. The van der Waals surface area contributed by atoms with E-state index in [-0.39, 0.29) is 41.4 Å². The summed E-state index contributed by atoms with van der Waals surface area (Å²) in [4.78, 5) is 30.6. The lowest BCUT2D eigenvalue weighted by atomic mass is 10.00. The second-order valence-electron chi connectivity index (χ2n) is 11.7. The van der Waals surface area contributed by atoms with Crippen LogP contribution in [-0.2, 0) is 23.0 Å². The Morgan fingerprint density at radius 1 is 0.848 bits per heavy atom. The fourth-order valence-corrected chi connectivity index (χ4v) is 6.18. The molecule has 0 aliphatic rings. The summed E-state index contributed by atoms with van der Waals surface area (Å²) in [5.74, 6) is -2.26. The van der Waals surface area contributed by atoms with E-state index in [1.165, 1.54) is 37.2 Å². The molecule has 0 saturated carbocycles. The summed E-state index contributed by atoms with van der Waals surface area (Å²) in [5, 5.41) is 11.1. The van der Waals surface area contributed by atoms with Crippen LogP contribution in [0, 0.1) is 18.6 Å². The van der Waals surface area contributed by atoms with Crippen LogP contribution in [0.3, 0.4) is 0 Å². The van der Waals surface area contributed by atoms with Crippen molar-refractivity contribution < 1.29 is 31.9 Å². The van der Waals surface area contributed by atoms with Gasteiger partial charge in [0.05, 0.1) is 11.0 Å². The lowest BCUT2D eigenvalue weighted by molar-refractivity contribution is 0.0554. The van der Waals surface area contributed by atoms with Crippen LogP contribution in [0.1, 0.15) is 64.1 Å².